The van der Waals surface area contributed by atoms with Gasteiger partial charge in [0, 0.05) is 12.8 Å². The Hall–Kier alpha value is -2.55. The molecule has 0 aliphatic heterocycles. The van der Waals surface area contributed by atoms with E-state index in [1.807, 2.05) is 33.3 Å². The Morgan fingerprint density at radius 3 is 1.37 bits per heavy atom. The van der Waals surface area contributed by atoms with Gasteiger partial charge >= 0.3 is 13.8 Å². The lowest BCUT2D eigenvalue weighted by molar-refractivity contribution is -0.870. The SMILES string of the molecule is CC/C=C\C/C=C\C/C=C\C/C=C\C/C=C\CCCCCCCC(=O)NC(COP(=O)(O)OCC[N+](C)(C)C)C(/C=C\CCCCCCCCCCCC)OC(=O)CCCCCCCCCCCCC. The van der Waals surface area contributed by atoms with Crippen molar-refractivity contribution in [3.8, 4) is 0 Å². The van der Waals surface area contributed by atoms with Crippen LogP contribution in [0.5, 0.6) is 0 Å². The minimum absolute atomic E-state index is 0.0345. The average molecular weight is 1000 g/mol. The highest BCUT2D eigenvalue weighted by Gasteiger charge is 2.30. The second-order valence-corrected chi connectivity index (χ2v) is 21.9. The first-order valence-corrected chi connectivity index (χ1v) is 30.3. The standard InChI is InChI=1S/C60H109N2O7P/c1-7-10-13-16-19-22-25-27-28-29-30-31-32-33-34-35-38-40-43-46-49-52-59(63)61-57(56-68-70(65,66)67-55-54-62(4,5)6)58(51-48-45-42-39-37-26-23-20-17-14-11-8-2)69-60(64)53-50-47-44-41-36-24-21-18-15-12-9-3/h10,13,19,22,27-28,30-31,33-34,48,51,57-58H,7-9,11-12,14-18,20-21,23-26,29,32,35-47,49-50,52-56H2,1-6H3,(H-,61,63,65,66)/p+1/b13-10-,22-19-,28-27-,31-30-,34-33-,51-48-. The molecule has 0 aliphatic carbocycles. The number of nitrogens with one attached hydrogen (secondary N) is 1. The van der Waals surface area contributed by atoms with Crippen molar-refractivity contribution in [3.63, 3.8) is 0 Å². The van der Waals surface area contributed by atoms with Gasteiger partial charge in [-0.3, -0.25) is 18.6 Å². The lowest BCUT2D eigenvalue weighted by atomic mass is 10.0. The molecular weight excluding hydrogens is 892 g/mol. The molecule has 3 atom stereocenters. The quantitative estimate of drug-likeness (QED) is 0.0205. The predicted octanol–water partition coefficient (Wildman–Crippen LogP) is 17.3. The van der Waals surface area contributed by atoms with Crippen molar-refractivity contribution in [2.24, 2.45) is 0 Å². The fourth-order valence-electron chi connectivity index (χ4n) is 7.97. The molecule has 0 aromatic rings. The number of carbonyl (C=O) groups is 2. The number of quaternary nitrogens is 1. The van der Waals surface area contributed by atoms with Crippen LogP contribution in [0.3, 0.4) is 0 Å². The second-order valence-electron chi connectivity index (χ2n) is 20.4. The third-order valence-corrected chi connectivity index (χ3v) is 13.4. The molecule has 9 nitrogen and oxygen atoms in total. The van der Waals surface area contributed by atoms with Crippen LogP contribution in [-0.2, 0) is 27.9 Å². The van der Waals surface area contributed by atoms with E-state index in [2.05, 4.69) is 86.8 Å². The maximum absolute atomic E-state index is 13.5. The summed E-state index contributed by atoms with van der Waals surface area (Å²) in [5.74, 6) is -0.527. The van der Waals surface area contributed by atoms with Gasteiger partial charge in [0.05, 0.1) is 33.8 Å². The molecule has 0 saturated heterocycles. The number of carbonyl (C=O) groups excluding carboxylic acids is 2. The molecule has 0 heterocycles. The minimum Gasteiger partial charge on any atom is -0.456 e. The maximum atomic E-state index is 13.5. The summed E-state index contributed by atoms with van der Waals surface area (Å²) in [7, 11) is 1.48. The Bertz CT molecular complexity index is 1430. The molecule has 3 unspecified atom stereocenters. The molecule has 10 heteroatoms. The van der Waals surface area contributed by atoms with Crippen LogP contribution in [0.15, 0.2) is 72.9 Å². The Morgan fingerprint density at radius 2 is 0.914 bits per heavy atom. The summed E-state index contributed by atoms with van der Waals surface area (Å²) in [6, 6.07) is -0.858. The van der Waals surface area contributed by atoms with Gasteiger partial charge < -0.3 is 19.4 Å². The summed E-state index contributed by atoms with van der Waals surface area (Å²) in [5, 5.41) is 3.04. The Labute approximate surface area is 432 Å². The molecule has 0 aromatic carbocycles. The molecule has 2 N–H and O–H groups in total. The first-order chi connectivity index (χ1) is 33.9. The lowest BCUT2D eigenvalue weighted by Crippen LogP contribution is -2.47. The summed E-state index contributed by atoms with van der Waals surface area (Å²) in [6.45, 7) is 6.87. The Kier molecular flexibility index (Phi) is 48.2. The number of phosphoric ester groups is 1. The number of allylic oxidation sites excluding steroid dienone is 11. The third kappa shape index (κ3) is 50.4. The molecule has 0 saturated carbocycles. The van der Waals surface area contributed by atoms with Crippen molar-refractivity contribution < 1.29 is 37.3 Å². The van der Waals surface area contributed by atoms with Crippen molar-refractivity contribution in [1.29, 1.82) is 0 Å². The molecular formula is C60H110N2O7P+. The van der Waals surface area contributed by atoms with Crippen molar-refractivity contribution in [3.05, 3.63) is 72.9 Å². The average Bonchev–Trinajstić information content (AvgIpc) is 3.32. The zero-order chi connectivity index (χ0) is 51.5. The topological polar surface area (TPSA) is 111 Å². The number of amides is 1. The van der Waals surface area contributed by atoms with E-state index in [0.29, 0.717) is 17.4 Å². The van der Waals surface area contributed by atoms with E-state index in [9.17, 15) is 19.0 Å². The molecule has 0 bridgehead atoms. The molecule has 0 spiro atoms. The van der Waals surface area contributed by atoms with E-state index < -0.39 is 20.0 Å². The number of esters is 1. The summed E-state index contributed by atoms with van der Waals surface area (Å²) >= 11 is 0. The van der Waals surface area contributed by atoms with E-state index in [1.165, 1.54) is 103 Å². The van der Waals surface area contributed by atoms with Gasteiger partial charge in [-0.1, -0.05) is 229 Å². The van der Waals surface area contributed by atoms with Gasteiger partial charge in [-0.2, -0.15) is 0 Å². The van der Waals surface area contributed by atoms with E-state index in [1.54, 1.807) is 0 Å². The molecule has 0 radical (unpaired) electrons. The van der Waals surface area contributed by atoms with Crippen LogP contribution in [-0.4, -0.2) is 74.3 Å². The van der Waals surface area contributed by atoms with Crippen LogP contribution in [0, 0.1) is 0 Å². The van der Waals surface area contributed by atoms with Crippen LogP contribution < -0.4 is 5.32 Å². The van der Waals surface area contributed by atoms with Gasteiger partial charge in [0.25, 0.3) is 0 Å². The molecule has 0 fully saturated rings. The fraction of sp³-hybridized carbons (Fsp3) is 0.767. The van der Waals surface area contributed by atoms with Crippen LogP contribution in [0.1, 0.15) is 245 Å². The molecule has 1 amide bonds. The number of hydrogen-bond acceptors (Lipinski definition) is 6. The predicted molar refractivity (Wildman–Crippen MR) is 300 cm³/mol. The number of hydrogen-bond donors (Lipinski definition) is 2. The first kappa shape index (κ1) is 67.5. The third-order valence-electron chi connectivity index (χ3n) is 12.4. The monoisotopic (exact) mass is 1000 g/mol. The molecule has 0 aliphatic rings. The molecule has 0 aromatic heterocycles. The summed E-state index contributed by atoms with van der Waals surface area (Å²) in [4.78, 5) is 37.5. The highest BCUT2D eigenvalue weighted by molar-refractivity contribution is 7.47. The normalized spacial score (nSPS) is 14.3. The lowest BCUT2D eigenvalue weighted by Gasteiger charge is -2.27. The highest BCUT2D eigenvalue weighted by Crippen LogP contribution is 2.43. The smallest absolute Gasteiger partial charge is 0.456 e. The summed E-state index contributed by atoms with van der Waals surface area (Å²) < 4.78 is 30.6. The maximum Gasteiger partial charge on any atom is 0.472 e. The minimum atomic E-state index is -4.45. The van der Waals surface area contributed by atoms with Gasteiger partial charge in [0.1, 0.15) is 19.3 Å². The van der Waals surface area contributed by atoms with Gasteiger partial charge in [-0.05, 0) is 76.7 Å². The number of likely N-dealkylation sites (N-methyl/N-ethyl adjacent to an activating group) is 1. The molecule has 406 valence electrons. The number of ether oxygens (including phenoxy) is 1. The number of rotatable bonds is 51. The van der Waals surface area contributed by atoms with Gasteiger partial charge in [-0.15, -0.1) is 0 Å². The summed E-state index contributed by atoms with van der Waals surface area (Å²) in [5.41, 5.74) is 0. The van der Waals surface area contributed by atoms with Gasteiger partial charge in [-0.25, -0.2) is 4.57 Å². The zero-order valence-electron chi connectivity index (χ0n) is 46.2. The number of nitrogens with zero attached hydrogens (tertiary/aromatic N) is 1. The molecule has 70 heavy (non-hydrogen) atoms. The van der Waals surface area contributed by atoms with Crippen LogP contribution >= 0.6 is 7.82 Å². The highest BCUT2D eigenvalue weighted by atomic mass is 31.2. The largest absolute Gasteiger partial charge is 0.472 e. The van der Waals surface area contributed by atoms with Crippen LogP contribution in [0.25, 0.3) is 0 Å². The fourth-order valence-corrected chi connectivity index (χ4v) is 8.70. The molecule has 0 rings (SSSR count). The summed E-state index contributed by atoms with van der Waals surface area (Å²) in [6.07, 6.45) is 63.2. The van der Waals surface area contributed by atoms with Crippen LogP contribution in [0.4, 0.5) is 0 Å². The van der Waals surface area contributed by atoms with E-state index >= 15 is 0 Å². The zero-order valence-corrected chi connectivity index (χ0v) is 47.1. The Morgan fingerprint density at radius 1 is 0.514 bits per heavy atom. The van der Waals surface area contributed by atoms with Crippen molar-refractivity contribution in [1.82, 2.24) is 5.32 Å². The van der Waals surface area contributed by atoms with Crippen LogP contribution in [0.2, 0.25) is 0 Å². The Balaban J connectivity index is 5.31. The van der Waals surface area contributed by atoms with Crippen molar-refractivity contribution >= 4 is 19.7 Å². The van der Waals surface area contributed by atoms with E-state index in [-0.39, 0.29) is 31.5 Å². The van der Waals surface area contributed by atoms with Gasteiger partial charge in [0.2, 0.25) is 5.91 Å². The number of phosphoric acid groups is 1. The van der Waals surface area contributed by atoms with E-state index in [0.717, 1.165) is 109 Å². The first-order valence-electron chi connectivity index (χ1n) is 28.8. The van der Waals surface area contributed by atoms with E-state index in [4.69, 9.17) is 13.8 Å². The second kappa shape index (κ2) is 50.0. The van der Waals surface area contributed by atoms with Crippen molar-refractivity contribution in [2.75, 3.05) is 40.9 Å². The van der Waals surface area contributed by atoms with Crippen molar-refractivity contribution in [2.45, 2.75) is 258 Å². The number of unbranched alkanes of at least 4 members (excludes halogenated alkanes) is 25. The van der Waals surface area contributed by atoms with Gasteiger partial charge in [0.15, 0.2) is 0 Å².